The highest BCUT2D eigenvalue weighted by Gasteiger charge is 2.36. The van der Waals surface area contributed by atoms with Gasteiger partial charge in [0.1, 0.15) is 17.2 Å². The van der Waals surface area contributed by atoms with Crippen LogP contribution in [0.4, 0.5) is 0 Å². The minimum Gasteiger partial charge on any atom is -0.497 e. The molecule has 0 unspecified atom stereocenters. The van der Waals surface area contributed by atoms with Gasteiger partial charge in [0.15, 0.2) is 5.16 Å². The first kappa shape index (κ1) is 15.9. The number of hydrogen-bond acceptors (Lipinski definition) is 6. The van der Waals surface area contributed by atoms with E-state index in [0.29, 0.717) is 29.0 Å². The Bertz CT molecular complexity index is 1030. The predicted octanol–water partition coefficient (Wildman–Crippen LogP) is 3.90. The molecule has 3 aromatic rings. The maximum atomic E-state index is 12.0. The minimum absolute atomic E-state index is 0.344. The molecule has 6 nitrogen and oxygen atoms in total. The van der Waals surface area contributed by atoms with Crippen molar-refractivity contribution in [2.24, 2.45) is 0 Å². The zero-order chi connectivity index (χ0) is 17.7. The van der Waals surface area contributed by atoms with Gasteiger partial charge in [-0.1, -0.05) is 11.8 Å². The molecule has 2 aromatic heterocycles. The van der Waals surface area contributed by atoms with E-state index in [2.05, 4.69) is 14.8 Å². The van der Waals surface area contributed by atoms with Crippen LogP contribution >= 0.6 is 11.8 Å². The number of hydrogen-bond donors (Lipinski definition) is 0. The summed E-state index contributed by atoms with van der Waals surface area (Å²) in [5, 5.41) is 10.8. The maximum Gasteiger partial charge on any atom is 0.336 e. The fourth-order valence-electron chi connectivity index (χ4n) is 3.28. The lowest BCUT2D eigenvalue weighted by atomic mass is 10.1. The van der Waals surface area contributed by atoms with Crippen LogP contribution < -0.4 is 10.4 Å². The van der Waals surface area contributed by atoms with Crippen LogP contribution in [0.3, 0.4) is 0 Å². The molecule has 2 saturated carbocycles. The normalized spacial score (nSPS) is 17.0. The summed E-state index contributed by atoms with van der Waals surface area (Å²) in [6.45, 7) is 0. The highest BCUT2D eigenvalue weighted by Crippen LogP contribution is 2.46. The largest absolute Gasteiger partial charge is 0.497 e. The van der Waals surface area contributed by atoms with Crippen LogP contribution in [-0.4, -0.2) is 21.9 Å². The second kappa shape index (κ2) is 6.16. The van der Waals surface area contributed by atoms with Gasteiger partial charge in [-0.25, -0.2) is 4.79 Å². The molecule has 1 aromatic carbocycles. The summed E-state index contributed by atoms with van der Waals surface area (Å²) in [5.74, 6) is 3.07. The summed E-state index contributed by atoms with van der Waals surface area (Å²) in [4.78, 5) is 12.0. The molecule has 2 aliphatic carbocycles. The quantitative estimate of drug-likeness (QED) is 0.485. The number of aromatic nitrogens is 3. The maximum absolute atomic E-state index is 12.0. The highest BCUT2D eigenvalue weighted by atomic mass is 32.2. The van der Waals surface area contributed by atoms with Crippen molar-refractivity contribution in [2.45, 2.75) is 48.6 Å². The first-order valence-corrected chi connectivity index (χ1v) is 9.90. The van der Waals surface area contributed by atoms with Crippen LogP contribution in [0.15, 0.2) is 38.6 Å². The second-order valence-electron chi connectivity index (χ2n) is 6.96. The summed E-state index contributed by atoms with van der Waals surface area (Å²) < 4.78 is 12.9. The van der Waals surface area contributed by atoms with Crippen molar-refractivity contribution >= 4 is 22.7 Å². The Labute approximate surface area is 154 Å². The lowest BCUT2D eigenvalue weighted by molar-refractivity contribution is 0.414. The van der Waals surface area contributed by atoms with Gasteiger partial charge in [0.05, 0.1) is 7.11 Å². The smallest absolute Gasteiger partial charge is 0.336 e. The summed E-state index contributed by atoms with van der Waals surface area (Å²) >= 11 is 1.65. The van der Waals surface area contributed by atoms with Crippen LogP contribution in [0.25, 0.3) is 11.0 Å². The lowest BCUT2D eigenvalue weighted by Gasteiger charge is -2.09. The molecule has 0 amide bonds. The second-order valence-corrected chi connectivity index (χ2v) is 7.90. The number of methoxy groups -OCH3 is 1. The van der Waals surface area contributed by atoms with Gasteiger partial charge in [-0.05, 0) is 43.4 Å². The molecule has 5 rings (SSSR count). The summed E-state index contributed by atoms with van der Waals surface area (Å²) in [7, 11) is 1.60. The third-order valence-electron chi connectivity index (χ3n) is 4.94. The van der Waals surface area contributed by atoms with Crippen molar-refractivity contribution < 1.29 is 9.15 Å². The molecule has 26 heavy (non-hydrogen) atoms. The van der Waals surface area contributed by atoms with Gasteiger partial charge in [0.25, 0.3) is 0 Å². The summed E-state index contributed by atoms with van der Waals surface area (Å²) in [6, 6.07) is 7.71. The lowest BCUT2D eigenvalue weighted by Crippen LogP contribution is -2.03. The van der Waals surface area contributed by atoms with Gasteiger partial charge in [-0.15, -0.1) is 10.2 Å². The van der Waals surface area contributed by atoms with Crippen molar-refractivity contribution in [2.75, 3.05) is 7.11 Å². The van der Waals surface area contributed by atoms with E-state index in [-0.39, 0.29) is 5.63 Å². The average Bonchev–Trinajstić information content (AvgIpc) is 3.57. The molecule has 2 aliphatic rings. The van der Waals surface area contributed by atoms with Crippen molar-refractivity contribution in [3.8, 4) is 5.75 Å². The topological polar surface area (TPSA) is 70.2 Å². The number of nitrogens with zero attached hydrogens (tertiary/aromatic N) is 3. The summed E-state index contributed by atoms with van der Waals surface area (Å²) in [6.07, 6.45) is 4.87. The van der Waals surface area contributed by atoms with Gasteiger partial charge in [0.2, 0.25) is 0 Å². The third kappa shape index (κ3) is 2.90. The number of benzene rings is 1. The molecule has 0 aliphatic heterocycles. The molecule has 0 bridgehead atoms. The third-order valence-corrected chi connectivity index (χ3v) is 5.93. The molecular weight excluding hydrogens is 350 g/mol. The molecule has 0 N–H and O–H groups in total. The molecule has 134 valence electrons. The van der Waals surface area contributed by atoms with E-state index in [0.717, 1.165) is 21.9 Å². The first-order chi connectivity index (χ1) is 12.7. The Morgan fingerprint density at radius 3 is 2.81 bits per heavy atom. The Hall–Kier alpha value is -2.28. The van der Waals surface area contributed by atoms with Gasteiger partial charge in [-0.2, -0.15) is 0 Å². The monoisotopic (exact) mass is 369 g/mol. The Morgan fingerprint density at radius 2 is 2.08 bits per heavy atom. The van der Waals surface area contributed by atoms with Crippen molar-refractivity contribution in [3.05, 3.63) is 46.1 Å². The predicted molar refractivity (Wildman–Crippen MR) is 98.9 cm³/mol. The van der Waals surface area contributed by atoms with Gasteiger partial charge in [-0.3, -0.25) is 0 Å². The molecule has 2 fully saturated rings. The Kier molecular flexibility index (Phi) is 3.77. The van der Waals surface area contributed by atoms with Crippen molar-refractivity contribution in [3.63, 3.8) is 0 Å². The van der Waals surface area contributed by atoms with E-state index in [4.69, 9.17) is 9.15 Å². The molecule has 7 heteroatoms. The van der Waals surface area contributed by atoms with E-state index in [1.165, 1.54) is 25.7 Å². The molecule has 2 heterocycles. The van der Waals surface area contributed by atoms with E-state index < -0.39 is 0 Å². The summed E-state index contributed by atoms with van der Waals surface area (Å²) in [5.41, 5.74) is 1.15. The number of ether oxygens (including phenoxy) is 1. The number of fused-ring (bicyclic) bond motifs is 1. The van der Waals surface area contributed by atoms with Crippen LogP contribution in [0.2, 0.25) is 0 Å². The molecule has 0 spiro atoms. The van der Waals surface area contributed by atoms with E-state index in [1.807, 2.05) is 12.1 Å². The zero-order valence-corrected chi connectivity index (χ0v) is 15.3. The molecule has 0 radical (unpaired) electrons. The highest BCUT2D eigenvalue weighted by molar-refractivity contribution is 7.98. The fraction of sp³-hybridized carbons (Fsp3) is 0.421. The van der Waals surface area contributed by atoms with E-state index in [1.54, 1.807) is 31.0 Å². The Morgan fingerprint density at radius 1 is 1.23 bits per heavy atom. The van der Waals surface area contributed by atoms with Gasteiger partial charge in [0, 0.05) is 35.2 Å². The Balaban J connectivity index is 1.46. The standard InChI is InChI=1S/C19H19N3O3S/c1-24-14-6-7-15-12(8-17(23)25-16(15)9-14)10-26-19-21-20-18(11-2-3-11)22(19)13-4-5-13/h6-9,11,13H,2-5,10H2,1H3. The SMILES string of the molecule is COc1ccc2c(CSc3nnc(C4CC4)n3C3CC3)cc(=O)oc2c1. The van der Waals surface area contributed by atoms with Crippen LogP contribution in [0.5, 0.6) is 5.75 Å². The number of rotatable bonds is 6. The fourth-order valence-corrected chi connectivity index (χ4v) is 4.29. The van der Waals surface area contributed by atoms with E-state index in [9.17, 15) is 4.79 Å². The van der Waals surface area contributed by atoms with Crippen LogP contribution in [-0.2, 0) is 5.75 Å². The van der Waals surface area contributed by atoms with Crippen LogP contribution in [0, 0.1) is 0 Å². The minimum atomic E-state index is -0.344. The number of thioether (sulfide) groups is 1. The van der Waals surface area contributed by atoms with Gasteiger partial charge >= 0.3 is 5.63 Å². The van der Waals surface area contributed by atoms with Crippen molar-refractivity contribution in [1.29, 1.82) is 0 Å². The molecule has 0 atom stereocenters. The zero-order valence-electron chi connectivity index (χ0n) is 14.5. The van der Waals surface area contributed by atoms with Crippen molar-refractivity contribution in [1.82, 2.24) is 14.8 Å². The molecule has 0 saturated heterocycles. The van der Waals surface area contributed by atoms with Gasteiger partial charge < -0.3 is 13.7 Å². The van der Waals surface area contributed by atoms with E-state index >= 15 is 0 Å². The first-order valence-electron chi connectivity index (χ1n) is 8.91. The average molecular weight is 369 g/mol. The molecular formula is C19H19N3O3S. The van der Waals surface area contributed by atoms with Crippen LogP contribution in [0.1, 0.15) is 49.0 Å².